The smallest absolute Gasteiger partial charge is 0.238 e. The molecule has 1 saturated heterocycles. The lowest BCUT2D eigenvalue weighted by Gasteiger charge is -2.16. The number of benzene rings is 1. The van der Waals surface area contributed by atoms with E-state index < -0.39 is 21.1 Å². The molecular weight excluding hydrogens is 245 g/mol. The van der Waals surface area contributed by atoms with Crippen LogP contribution in [0.15, 0.2) is 24.3 Å². The van der Waals surface area contributed by atoms with Gasteiger partial charge in [0.1, 0.15) is 11.1 Å². The highest BCUT2D eigenvalue weighted by atomic mass is 32.2. The zero-order valence-electron chi connectivity index (χ0n) is 9.27. The van der Waals surface area contributed by atoms with E-state index in [9.17, 15) is 12.8 Å². The monoisotopic (exact) mass is 259 g/mol. The first-order valence-electron chi connectivity index (χ1n) is 5.25. The zero-order chi connectivity index (χ0) is 12.5. The Morgan fingerprint density at radius 1 is 1.41 bits per heavy atom. The largest absolute Gasteiger partial charge is 0.280 e. The van der Waals surface area contributed by atoms with E-state index in [4.69, 9.17) is 0 Å². The first kappa shape index (κ1) is 12.3. The topological polar surface area (TPSA) is 70.2 Å². The SMILES string of the molecule is CC1NNCC1S(=O)(=O)Nc1ccccc1F. The standard InChI is InChI=1S/C10H14FN3O2S/c1-7-10(6-12-13-7)17(15,16)14-9-5-3-2-4-8(9)11/h2-5,7,10,12-14H,6H2,1H3. The fourth-order valence-corrected chi connectivity index (χ4v) is 3.27. The van der Waals surface area contributed by atoms with Gasteiger partial charge in [-0.15, -0.1) is 0 Å². The van der Waals surface area contributed by atoms with Gasteiger partial charge in [0.25, 0.3) is 0 Å². The third-order valence-electron chi connectivity index (χ3n) is 2.72. The predicted octanol–water partition coefficient (Wildman–Crippen LogP) is 0.432. The zero-order valence-corrected chi connectivity index (χ0v) is 10.1. The predicted molar refractivity (Wildman–Crippen MR) is 63.3 cm³/mol. The number of nitrogens with one attached hydrogen (secondary N) is 3. The van der Waals surface area contributed by atoms with E-state index >= 15 is 0 Å². The molecule has 0 bridgehead atoms. The van der Waals surface area contributed by atoms with Crippen LogP contribution in [0.1, 0.15) is 6.92 Å². The van der Waals surface area contributed by atoms with Gasteiger partial charge in [-0.3, -0.25) is 15.6 Å². The number of para-hydroxylation sites is 1. The van der Waals surface area contributed by atoms with Crippen LogP contribution in [0.4, 0.5) is 10.1 Å². The van der Waals surface area contributed by atoms with Gasteiger partial charge < -0.3 is 0 Å². The minimum Gasteiger partial charge on any atom is -0.280 e. The van der Waals surface area contributed by atoms with Crippen molar-refractivity contribution < 1.29 is 12.8 Å². The molecule has 0 amide bonds. The lowest BCUT2D eigenvalue weighted by Crippen LogP contribution is -2.38. The van der Waals surface area contributed by atoms with E-state index in [1.165, 1.54) is 18.2 Å². The van der Waals surface area contributed by atoms with Crippen molar-refractivity contribution in [3.8, 4) is 0 Å². The van der Waals surface area contributed by atoms with Gasteiger partial charge in [0.05, 0.1) is 5.69 Å². The minimum absolute atomic E-state index is 0.0217. The molecule has 2 atom stereocenters. The van der Waals surface area contributed by atoms with E-state index in [1.54, 1.807) is 13.0 Å². The molecule has 1 aliphatic rings. The Balaban J connectivity index is 2.21. The van der Waals surface area contributed by atoms with Crippen molar-refractivity contribution >= 4 is 15.7 Å². The van der Waals surface area contributed by atoms with Crippen molar-refractivity contribution in [2.45, 2.75) is 18.2 Å². The summed E-state index contributed by atoms with van der Waals surface area (Å²) >= 11 is 0. The van der Waals surface area contributed by atoms with Gasteiger partial charge >= 0.3 is 0 Å². The molecule has 0 aliphatic carbocycles. The molecule has 1 aromatic rings. The van der Waals surface area contributed by atoms with E-state index in [-0.39, 0.29) is 11.7 Å². The van der Waals surface area contributed by atoms with Crippen LogP contribution in [0, 0.1) is 5.82 Å². The second kappa shape index (κ2) is 4.59. The maximum absolute atomic E-state index is 13.3. The Kier molecular flexibility index (Phi) is 3.32. The van der Waals surface area contributed by atoms with Gasteiger partial charge in [-0.25, -0.2) is 12.8 Å². The molecule has 17 heavy (non-hydrogen) atoms. The van der Waals surface area contributed by atoms with Gasteiger partial charge in [0, 0.05) is 12.6 Å². The molecule has 1 heterocycles. The third kappa shape index (κ3) is 2.56. The van der Waals surface area contributed by atoms with Gasteiger partial charge in [0.2, 0.25) is 10.0 Å². The van der Waals surface area contributed by atoms with Crippen molar-refractivity contribution in [1.82, 2.24) is 10.9 Å². The molecule has 1 aromatic carbocycles. The van der Waals surface area contributed by atoms with Crippen LogP contribution in [-0.4, -0.2) is 26.3 Å². The molecule has 5 nitrogen and oxygen atoms in total. The number of hydrogen-bond donors (Lipinski definition) is 3. The highest BCUT2D eigenvalue weighted by Crippen LogP contribution is 2.18. The summed E-state index contributed by atoms with van der Waals surface area (Å²) in [4.78, 5) is 0. The fourth-order valence-electron chi connectivity index (χ4n) is 1.74. The van der Waals surface area contributed by atoms with Crippen LogP contribution in [0.5, 0.6) is 0 Å². The molecule has 0 spiro atoms. The molecular formula is C10H14FN3O2S. The molecule has 1 fully saturated rings. The average Bonchev–Trinajstić information content (AvgIpc) is 2.68. The van der Waals surface area contributed by atoms with Crippen LogP contribution in [0.25, 0.3) is 0 Å². The van der Waals surface area contributed by atoms with Crippen LogP contribution >= 0.6 is 0 Å². The van der Waals surface area contributed by atoms with Crippen LogP contribution in [-0.2, 0) is 10.0 Å². The van der Waals surface area contributed by atoms with Crippen LogP contribution in [0.2, 0.25) is 0 Å². The van der Waals surface area contributed by atoms with Gasteiger partial charge in [-0.2, -0.15) is 0 Å². The number of anilines is 1. The van der Waals surface area contributed by atoms with Crippen molar-refractivity contribution in [3.63, 3.8) is 0 Å². The van der Waals surface area contributed by atoms with E-state index in [0.29, 0.717) is 6.54 Å². The molecule has 0 aromatic heterocycles. The highest BCUT2D eigenvalue weighted by Gasteiger charge is 2.35. The van der Waals surface area contributed by atoms with Crippen molar-refractivity contribution in [2.75, 3.05) is 11.3 Å². The summed E-state index contributed by atoms with van der Waals surface area (Å²) in [6.45, 7) is 2.05. The number of hydrogen-bond acceptors (Lipinski definition) is 4. The summed E-state index contributed by atoms with van der Waals surface area (Å²) in [7, 11) is -3.60. The maximum Gasteiger partial charge on any atom is 0.238 e. The molecule has 94 valence electrons. The summed E-state index contributed by atoms with van der Waals surface area (Å²) in [6.07, 6.45) is 0. The fraction of sp³-hybridized carbons (Fsp3) is 0.400. The lowest BCUT2D eigenvalue weighted by molar-refractivity contribution is 0.564. The first-order valence-corrected chi connectivity index (χ1v) is 6.80. The number of hydrazine groups is 1. The average molecular weight is 259 g/mol. The number of halogens is 1. The number of rotatable bonds is 3. The third-order valence-corrected chi connectivity index (χ3v) is 4.59. The van der Waals surface area contributed by atoms with Crippen molar-refractivity contribution in [3.05, 3.63) is 30.1 Å². The van der Waals surface area contributed by atoms with E-state index in [2.05, 4.69) is 15.6 Å². The van der Waals surface area contributed by atoms with Gasteiger partial charge in [-0.1, -0.05) is 12.1 Å². The second-order valence-electron chi connectivity index (χ2n) is 3.98. The first-order chi connectivity index (χ1) is 8.00. The molecule has 2 unspecified atom stereocenters. The Bertz CT molecular complexity index is 506. The Morgan fingerprint density at radius 3 is 2.71 bits per heavy atom. The molecule has 0 saturated carbocycles. The van der Waals surface area contributed by atoms with E-state index in [1.807, 2.05) is 0 Å². The summed E-state index contributed by atoms with van der Waals surface area (Å²) in [5, 5.41) is -0.623. The summed E-state index contributed by atoms with van der Waals surface area (Å²) < 4.78 is 39.6. The Hall–Kier alpha value is -1.18. The van der Waals surface area contributed by atoms with Crippen molar-refractivity contribution in [2.24, 2.45) is 0 Å². The molecule has 1 aliphatic heterocycles. The van der Waals surface area contributed by atoms with Gasteiger partial charge in [-0.05, 0) is 19.1 Å². The van der Waals surface area contributed by atoms with E-state index in [0.717, 1.165) is 0 Å². The van der Waals surface area contributed by atoms with Crippen molar-refractivity contribution in [1.29, 1.82) is 0 Å². The highest BCUT2D eigenvalue weighted by molar-refractivity contribution is 7.93. The quantitative estimate of drug-likeness (QED) is 0.736. The summed E-state index contributed by atoms with van der Waals surface area (Å²) in [5.41, 5.74) is 5.56. The van der Waals surface area contributed by atoms with Crippen LogP contribution < -0.4 is 15.6 Å². The molecule has 3 N–H and O–H groups in total. The molecule has 7 heteroatoms. The van der Waals surface area contributed by atoms with Gasteiger partial charge in [0.15, 0.2) is 0 Å². The summed E-state index contributed by atoms with van der Waals surface area (Å²) in [5.74, 6) is -0.581. The second-order valence-corrected chi connectivity index (χ2v) is 5.88. The molecule has 2 rings (SSSR count). The van der Waals surface area contributed by atoms with Crippen LogP contribution in [0.3, 0.4) is 0 Å². The minimum atomic E-state index is -3.60. The Morgan fingerprint density at radius 2 is 2.12 bits per heavy atom. The summed E-state index contributed by atoms with van der Waals surface area (Å²) in [6, 6.07) is 5.48. The lowest BCUT2D eigenvalue weighted by atomic mass is 10.3. The Labute approximate surface area is 99.4 Å². The maximum atomic E-state index is 13.3. The molecule has 0 radical (unpaired) electrons. The normalized spacial score (nSPS) is 24.8. The number of sulfonamides is 1.